The first kappa shape index (κ1) is 13.8. The van der Waals surface area contributed by atoms with Crippen molar-refractivity contribution in [3.05, 3.63) is 47.8 Å². The van der Waals surface area contributed by atoms with Crippen LogP contribution in [0.4, 0.5) is 15.8 Å². The summed E-state index contributed by atoms with van der Waals surface area (Å²) in [7, 11) is 0. The van der Waals surface area contributed by atoms with Crippen molar-refractivity contribution >= 4 is 29.0 Å². The molecule has 0 bridgehead atoms. The molecule has 0 saturated carbocycles. The molecule has 1 aliphatic heterocycles. The fraction of sp³-hybridized carbons (Fsp3) is 0.133. The second-order valence-electron chi connectivity index (χ2n) is 4.70. The Morgan fingerprint density at radius 3 is 2.86 bits per heavy atom. The Hall–Kier alpha value is -2.21. The van der Waals surface area contributed by atoms with E-state index >= 15 is 0 Å². The fourth-order valence-electron chi connectivity index (χ4n) is 2.27. The van der Waals surface area contributed by atoms with Crippen LogP contribution in [0, 0.1) is 5.82 Å². The lowest BCUT2D eigenvalue weighted by Crippen LogP contribution is -2.36. The van der Waals surface area contributed by atoms with Crippen LogP contribution in [0.15, 0.2) is 41.3 Å². The molecule has 21 heavy (non-hydrogen) atoms. The molecule has 0 saturated heterocycles. The smallest absolute Gasteiger partial charge is 0.261 e. The predicted molar refractivity (Wildman–Crippen MR) is 81.3 cm³/mol. The van der Waals surface area contributed by atoms with Crippen LogP contribution in [0.3, 0.4) is 0 Å². The minimum Gasteiger partial charge on any atom is -0.508 e. The minimum atomic E-state index is -0.733. The highest BCUT2D eigenvalue weighted by Crippen LogP contribution is 2.37. The van der Waals surface area contributed by atoms with Gasteiger partial charge in [0.15, 0.2) is 0 Å². The van der Waals surface area contributed by atoms with E-state index in [1.165, 1.54) is 17.0 Å². The van der Waals surface area contributed by atoms with Crippen LogP contribution in [-0.4, -0.2) is 23.3 Å². The quantitative estimate of drug-likeness (QED) is 0.795. The van der Waals surface area contributed by atoms with E-state index in [1.807, 2.05) is 6.07 Å². The topological polar surface area (TPSA) is 66.6 Å². The highest BCUT2D eigenvalue weighted by atomic mass is 32.2. The molecule has 0 atom stereocenters. The van der Waals surface area contributed by atoms with Crippen molar-refractivity contribution in [2.45, 2.75) is 4.90 Å². The summed E-state index contributed by atoms with van der Waals surface area (Å²) in [6, 6.07) is 8.89. The van der Waals surface area contributed by atoms with E-state index in [-0.39, 0.29) is 11.3 Å². The Morgan fingerprint density at radius 2 is 2.10 bits per heavy atom. The average molecular weight is 304 g/mol. The Morgan fingerprint density at radius 1 is 1.29 bits per heavy atom. The van der Waals surface area contributed by atoms with Gasteiger partial charge in [-0.15, -0.1) is 11.8 Å². The number of thioether (sulfide) groups is 1. The molecule has 0 unspecified atom stereocenters. The maximum atomic E-state index is 13.9. The minimum absolute atomic E-state index is 0.0620. The number of carbonyl (C=O) groups excluding carboxylic acids is 1. The van der Waals surface area contributed by atoms with E-state index in [0.29, 0.717) is 17.9 Å². The number of fused-ring (bicyclic) bond motifs is 1. The lowest BCUT2D eigenvalue weighted by atomic mass is 10.1. The monoisotopic (exact) mass is 304 g/mol. The highest BCUT2D eigenvalue weighted by Gasteiger charge is 2.26. The average Bonchev–Trinajstić information content (AvgIpc) is 2.46. The molecule has 1 amide bonds. The zero-order valence-corrected chi connectivity index (χ0v) is 11.9. The van der Waals surface area contributed by atoms with Gasteiger partial charge in [0.25, 0.3) is 5.91 Å². The van der Waals surface area contributed by atoms with Crippen molar-refractivity contribution in [3.63, 3.8) is 0 Å². The van der Waals surface area contributed by atoms with Crippen molar-refractivity contribution in [2.75, 3.05) is 22.9 Å². The van der Waals surface area contributed by atoms with Crippen molar-refractivity contribution in [1.29, 1.82) is 0 Å². The van der Waals surface area contributed by atoms with Gasteiger partial charge >= 0.3 is 0 Å². The van der Waals surface area contributed by atoms with E-state index in [1.54, 1.807) is 23.9 Å². The number of nitrogens with two attached hydrogens (primary N) is 1. The van der Waals surface area contributed by atoms with Crippen molar-refractivity contribution in [2.24, 2.45) is 0 Å². The maximum absolute atomic E-state index is 13.9. The fourth-order valence-corrected chi connectivity index (χ4v) is 3.24. The molecular formula is C15H13FN2O2S. The Bertz CT molecular complexity index is 721. The summed E-state index contributed by atoms with van der Waals surface area (Å²) in [6.45, 7) is 0.486. The number of carbonyl (C=O) groups is 1. The van der Waals surface area contributed by atoms with Gasteiger partial charge in [-0.25, -0.2) is 4.39 Å². The Balaban J connectivity index is 2.02. The number of hydrogen-bond donors (Lipinski definition) is 2. The number of rotatable bonds is 1. The number of amides is 1. The maximum Gasteiger partial charge on any atom is 0.261 e. The number of benzene rings is 2. The first-order valence-electron chi connectivity index (χ1n) is 6.39. The Labute approximate surface area is 125 Å². The van der Waals surface area contributed by atoms with Crippen LogP contribution in [0.1, 0.15) is 10.4 Å². The summed E-state index contributed by atoms with van der Waals surface area (Å²) in [5.41, 5.74) is 6.97. The molecule has 4 nitrogen and oxygen atoms in total. The molecule has 1 aliphatic rings. The summed E-state index contributed by atoms with van der Waals surface area (Å²) < 4.78 is 13.9. The molecule has 2 aromatic rings. The third kappa shape index (κ3) is 2.54. The first-order valence-corrected chi connectivity index (χ1v) is 7.37. The highest BCUT2D eigenvalue weighted by molar-refractivity contribution is 7.99. The molecule has 3 rings (SSSR count). The van der Waals surface area contributed by atoms with Gasteiger partial charge in [0.05, 0.1) is 11.3 Å². The van der Waals surface area contributed by atoms with Gasteiger partial charge in [-0.1, -0.05) is 0 Å². The van der Waals surface area contributed by atoms with Crippen LogP contribution < -0.4 is 10.6 Å². The molecule has 3 N–H and O–H groups in total. The number of phenolic OH excluding ortho intramolecular Hbond substituents is 1. The van der Waals surface area contributed by atoms with Crippen LogP contribution in [0.25, 0.3) is 0 Å². The van der Waals surface area contributed by atoms with Gasteiger partial charge in [-0.05, 0) is 30.3 Å². The van der Waals surface area contributed by atoms with Gasteiger partial charge in [-0.3, -0.25) is 4.79 Å². The molecule has 2 aromatic carbocycles. The molecule has 1 heterocycles. The first-order chi connectivity index (χ1) is 10.1. The number of phenols is 1. The van der Waals surface area contributed by atoms with Crippen molar-refractivity contribution in [1.82, 2.24) is 0 Å². The Kier molecular flexibility index (Phi) is 3.47. The summed E-state index contributed by atoms with van der Waals surface area (Å²) in [4.78, 5) is 15.0. The second kappa shape index (κ2) is 5.29. The standard InChI is InChI=1S/C15H13FN2O2S/c16-12-8-10(19)2-3-11(12)15(20)18-5-6-21-14-4-1-9(17)7-13(14)18/h1-4,7-8,19H,5-6,17H2. The molecule has 6 heteroatoms. The van der Waals surface area contributed by atoms with Crippen molar-refractivity contribution < 1.29 is 14.3 Å². The van der Waals surface area contributed by atoms with Crippen LogP contribution in [0.2, 0.25) is 0 Å². The van der Waals surface area contributed by atoms with E-state index in [4.69, 9.17) is 5.73 Å². The SMILES string of the molecule is Nc1ccc2c(c1)N(C(=O)c1ccc(O)cc1F)CCS2. The van der Waals surface area contributed by atoms with E-state index in [2.05, 4.69) is 0 Å². The number of hydrogen-bond acceptors (Lipinski definition) is 4. The zero-order chi connectivity index (χ0) is 15.0. The largest absolute Gasteiger partial charge is 0.508 e. The molecule has 108 valence electrons. The summed E-state index contributed by atoms with van der Waals surface area (Å²) >= 11 is 1.64. The van der Waals surface area contributed by atoms with Gasteiger partial charge in [0, 0.05) is 28.9 Å². The van der Waals surface area contributed by atoms with Crippen molar-refractivity contribution in [3.8, 4) is 5.75 Å². The van der Waals surface area contributed by atoms with Gasteiger partial charge in [0.1, 0.15) is 11.6 Å². The number of anilines is 2. The lowest BCUT2D eigenvalue weighted by molar-refractivity contribution is 0.0984. The summed E-state index contributed by atoms with van der Waals surface area (Å²) in [5, 5.41) is 9.24. The number of nitrogen functional groups attached to an aromatic ring is 1. The van der Waals surface area contributed by atoms with Gasteiger partial charge in [0.2, 0.25) is 0 Å². The predicted octanol–water partition coefficient (Wildman–Crippen LogP) is 2.87. The second-order valence-corrected chi connectivity index (χ2v) is 5.83. The molecular weight excluding hydrogens is 291 g/mol. The third-order valence-corrected chi connectivity index (χ3v) is 4.32. The molecule has 0 aromatic heterocycles. The number of aromatic hydroxyl groups is 1. The number of halogens is 1. The molecule has 0 fully saturated rings. The normalized spacial score (nSPS) is 13.9. The van der Waals surface area contributed by atoms with E-state index < -0.39 is 11.7 Å². The van der Waals surface area contributed by atoms with E-state index in [9.17, 15) is 14.3 Å². The molecule has 0 aliphatic carbocycles. The van der Waals surface area contributed by atoms with E-state index in [0.717, 1.165) is 16.7 Å². The van der Waals surface area contributed by atoms with Crippen LogP contribution in [0.5, 0.6) is 5.75 Å². The summed E-state index contributed by atoms with van der Waals surface area (Å²) in [5.74, 6) is -0.631. The molecule has 0 radical (unpaired) electrons. The number of nitrogens with zero attached hydrogens (tertiary/aromatic N) is 1. The summed E-state index contributed by atoms with van der Waals surface area (Å²) in [6.07, 6.45) is 0. The molecule has 0 spiro atoms. The van der Waals surface area contributed by atoms with Gasteiger partial charge < -0.3 is 15.7 Å². The van der Waals surface area contributed by atoms with Crippen LogP contribution in [-0.2, 0) is 0 Å². The lowest BCUT2D eigenvalue weighted by Gasteiger charge is -2.29. The van der Waals surface area contributed by atoms with Gasteiger partial charge in [-0.2, -0.15) is 0 Å². The third-order valence-electron chi connectivity index (χ3n) is 3.27. The van der Waals surface area contributed by atoms with Crippen LogP contribution >= 0.6 is 11.8 Å². The zero-order valence-electron chi connectivity index (χ0n) is 11.0.